The maximum Gasteiger partial charge on any atom is 0.255 e. The summed E-state index contributed by atoms with van der Waals surface area (Å²) in [6, 6.07) is 21.4. The van der Waals surface area contributed by atoms with Crippen molar-refractivity contribution < 1.29 is 14.3 Å². The first-order valence-electron chi connectivity index (χ1n) is 9.47. The molecule has 29 heavy (non-hydrogen) atoms. The number of hydrogen-bond donors (Lipinski definition) is 2. The number of aryl methyl sites for hydroxylation is 1. The van der Waals surface area contributed by atoms with E-state index in [1.807, 2.05) is 57.2 Å². The van der Waals surface area contributed by atoms with Gasteiger partial charge in [-0.05, 0) is 87.0 Å². The van der Waals surface area contributed by atoms with E-state index in [0.29, 0.717) is 16.8 Å². The van der Waals surface area contributed by atoms with Crippen LogP contribution < -0.4 is 15.4 Å². The van der Waals surface area contributed by atoms with Gasteiger partial charge in [0.1, 0.15) is 5.75 Å². The third-order valence-electron chi connectivity index (χ3n) is 4.17. The largest absolute Gasteiger partial charge is 0.491 e. The molecule has 0 radical (unpaired) electrons. The molecule has 0 unspecified atom stereocenters. The maximum atomic E-state index is 12.4. The molecule has 3 rings (SSSR count). The van der Waals surface area contributed by atoms with Crippen LogP contribution in [0.15, 0.2) is 72.8 Å². The van der Waals surface area contributed by atoms with Crippen molar-refractivity contribution >= 4 is 23.2 Å². The van der Waals surface area contributed by atoms with Crippen molar-refractivity contribution in [2.75, 3.05) is 10.6 Å². The summed E-state index contributed by atoms with van der Waals surface area (Å²) in [6.07, 6.45) is 0.0945. The summed E-state index contributed by atoms with van der Waals surface area (Å²) < 4.78 is 5.59. The number of rotatable bonds is 6. The zero-order chi connectivity index (χ0) is 20.8. The van der Waals surface area contributed by atoms with Crippen molar-refractivity contribution in [3.05, 3.63) is 89.5 Å². The van der Waals surface area contributed by atoms with Crippen LogP contribution in [0.2, 0.25) is 0 Å². The van der Waals surface area contributed by atoms with E-state index >= 15 is 0 Å². The highest BCUT2D eigenvalue weighted by molar-refractivity contribution is 6.07. The van der Waals surface area contributed by atoms with Crippen molar-refractivity contribution in [3.63, 3.8) is 0 Å². The van der Waals surface area contributed by atoms with Gasteiger partial charge in [-0.15, -0.1) is 0 Å². The van der Waals surface area contributed by atoms with E-state index in [4.69, 9.17) is 4.74 Å². The van der Waals surface area contributed by atoms with Gasteiger partial charge in [-0.1, -0.05) is 12.1 Å². The number of carbonyl (C=O) groups excluding carboxylic acids is 2. The van der Waals surface area contributed by atoms with Crippen LogP contribution in [-0.2, 0) is 0 Å². The van der Waals surface area contributed by atoms with Crippen LogP contribution in [0.4, 0.5) is 11.4 Å². The highest BCUT2D eigenvalue weighted by atomic mass is 16.5. The number of ether oxygens (including phenoxy) is 1. The minimum Gasteiger partial charge on any atom is -0.491 e. The maximum absolute atomic E-state index is 12.4. The van der Waals surface area contributed by atoms with Gasteiger partial charge < -0.3 is 15.4 Å². The number of anilines is 2. The molecule has 3 aromatic carbocycles. The molecule has 5 heteroatoms. The fourth-order valence-electron chi connectivity index (χ4n) is 2.79. The van der Waals surface area contributed by atoms with Crippen LogP contribution in [0, 0.1) is 6.92 Å². The summed E-state index contributed by atoms with van der Waals surface area (Å²) in [5.74, 6) is 0.290. The van der Waals surface area contributed by atoms with E-state index in [-0.39, 0.29) is 17.9 Å². The average molecular weight is 388 g/mol. The van der Waals surface area contributed by atoms with Gasteiger partial charge in [0.25, 0.3) is 11.8 Å². The number of amides is 2. The lowest BCUT2D eigenvalue weighted by Crippen LogP contribution is -2.14. The summed E-state index contributed by atoms with van der Waals surface area (Å²) in [4.78, 5) is 24.8. The Morgan fingerprint density at radius 2 is 1.31 bits per heavy atom. The molecule has 0 saturated heterocycles. The van der Waals surface area contributed by atoms with Crippen LogP contribution in [-0.4, -0.2) is 17.9 Å². The average Bonchev–Trinajstić information content (AvgIpc) is 2.69. The Kier molecular flexibility index (Phi) is 6.29. The summed E-state index contributed by atoms with van der Waals surface area (Å²) in [5, 5.41) is 5.69. The van der Waals surface area contributed by atoms with E-state index < -0.39 is 0 Å². The summed E-state index contributed by atoms with van der Waals surface area (Å²) in [5.41, 5.74) is 3.44. The molecule has 148 valence electrons. The predicted octanol–water partition coefficient (Wildman–Crippen LogP) is 5.29. The molecule has 0 aliphatic carbocycles. The van der Waals surface area contributed by atoms with Crippen LogP contribution in [0.5, 0.6) is 5.75 Å². The molecule has 0 bridgehead atoms. The SMILES string of the molecule is Cc1cccc(NC(=O)c2ccc(C(=O)Nc3ccc(OC(C)C)cc3)cc2)c1. The van der Waals surface area contributed by atoms with E-state index in [1.54, 1.807) is 36.4 Å². The first-order valence-corrected chi connectivity index (χ1v) is 9.47. The summed E-state index contributed by atoms with van der Waals surface area (Å²) in [7, 11) is 0. The van der Waals surface area contributed by atoms with Gasteiger partial charge in [-0.3, -0.25) is 9.59 Å². The van der Waals surface area contributed by atoms with Crippen LogP contribution >= 0.6 is 0 Å². The fourth-order valence-corrected chi connectivity index (χ4v) is 2.79. The van der Waals surface area contributed by atoms with E-state index in [0.717, 1.165) is 17.0 Å². The highest BCUT2D eigenvalue weighted by Gasteiger charge is 2.10. The molecule has 0 spiro atoms. The Hall–Kier alpha value is -3.60. The Morgan fingerprint density at radius 1 is 0.759 bits per heavy atom. The van der Waals surface area contributed by atoms with Gasteiger partial charge in [0.2, 0.25) is 0 Å². The lowest BCUT2D eigenvalue weighted by Gasteiger charge is -2.11. The molecule has 0 atom stereocenters. The molecule has 0 aromatic heterocycles. The predicted molar refractivity (Wildman–Crippen MR) is 116 cm³/mol. The minimum absolute atomic E-state index is 0.0945. The molecular weight excluding hydrogens is 364 g/mol. The van der Waals surface area contributed by atoms with Gasteiger partial charge in [-0.2, -0.15) is 0 Å². The number of hydrogen-bond acceptors (Lipinski definition) is 3. The van der Waals surface area contributed by atoms with Crippen molar-refractivity contribution in [3.8, 4) is 5.75 Å². The van der Waals surface area contributed by atoms with E-state index in [1.165, 1.54) is 0 Å². The number of benzene rings is 3. The van der Waals surface area contributed by atoms with Crippen LogP contribution in [0.3, 0.4) is 0 Å². The Labute approximate surface area is 170 Å². The Bertz CT molecular complexity index is 993. The second-order valence-corrected chi connectivity index (χ2v) is 7.05. The molecule has 0 fully saturated rings. The van der Waals surface area contributed by atoms with Gasteiger partial charge in [0.05, 0.1) is 6.10 Å². The summed E-state index contributed by atoms with van der Waals surface area (Å²) >= 11 is 0. The monoisotopic (exact) mass is 388 g/mol. The van der Waals surface area contributed by atoms with Crippen LogP contribution in [0.1, 0.15) is 40.1 Å². The van der Waals surface area contributed by atoms with E-state index in [2.05, 4.69) is 10.6 Å². The first-order chi connectivity index (χ1) is 13.9. The molecule has 0 aliphatic rings. The molecule has 3 aromatic rings. The quantitative estimate of drug-likeness (QED) is 0.603. The van der Waals surface area contributed by atoms with Crippen LogP contribution in [0.25, 0.3) is 0 Å². The molecule has 0 saturated carbocycles. The van der Waals surface area contributed by atoms with Crippen molar-refractivity contribution in [1.29, 1.82) is 0 Å². The highest BCUT2D eigenvalue weighted by Crippen LogP contribution is 2.18. The number of nitrogens with one attached hydrogen (secondary N) is 2. The lowest BCUT2D eigenvalue weighted by atomic mass is 10.1. The fraction of sp³-hybridized carbons (Fsp3) is 0.167. The molecule has 0 heterocycles. The lowest BCUT2D eigenvalue weighted by molar-refractivity contribution is 0.101. The molecular formula is C24H24N2O3. The first kappa shape index (κ1) is 20.1. The Morgan fingerprint density at radius 3 is 1.83 bits per heavy atom. The van der Waals surface area contributed by atoms with Gasteiger partial charge in [0.15, 0.2) is 0 Å². The van der Waals surface area contributed by atoms with Gasteiger partial charge in [-0.25, -0.2) is 0 Å². The van der Waals surface area contributed by atoms with E-state index in [9.17, 15) is 9.59 Å². The third kappa shape index (κ3) is 5.69. The smallest absolute Gasteiger partial charge is 0.255 e. The van der Waals surface area contributed by atoms with Crippen molar-refractivity contribution in [1.82, 2.24) is 0 Å². The summed E-state index contributed by atoms with van der Waals surface area (Å²) in [6.45, 7) is 5.88. The molecule has 5 nitrogen and oxygen atoms in total. The molecule has 0 aliphatic heterocycles. The van der Waals surface area contributed by atoms with Gasteiger partial charge in [0, 0.05) is 22.5 Å². The van der Waals surface area contributed by atoms with Crippen molar-refractivity contribution in [2.45, 2.75) is 26.9 Å². The minimum atomic E-state index is -0.242. The third-order valence-corrected chi connectivity index (χ3v) is 4.17. The van der Waals surface area contributed by atoms with Gasteiger partial charge >= 0.3 is 0 Å². The second-order valence-electron chi connectivity index (χ2n) is 7.05. The Balaban J connectivity index is 1.61. The molecule has 2 N–H and O–H groups in total. The normalized spacial score (nSPS) is 10.5. The second kappa shape index (κ2) is 9.06. The number of carbonyl (C=O) groups is 2. The van der Waals surface area contributed by atoms with Crippen molar-refractivity contribution in [2.24, 2.45) is 0 Å². The zero-order valence-corrected chi connectivity index (χ0v) is 16.7. The standard InChI is InChI=1S/C24H24N2O3/c1-16(2)29-22-13-11-20(12-14-22)25-23(27)18-7-9-19(10-8-18)24(28)26-21-6-4-5-17(3)15-21/h4-16H,1-3H3,(H,25,27)(H,26,28). The molecule has 2 amide bonds. The topological polar surface area (TPSA) is 67.4 Å². The zero-order valence-electron chi connectivity index (χ0n) is 16.7.